The minimum absolute atomic E-state index is 0.590. The van der Waals surface area contributed by atoms with Gasteiger partial charge >= 0.3 is 0 Å². The molecule has 0 spiro atoms. The zero-order chi connectivity index (χ0) is 22.4. The molecule has 1 saturated heterocycles. The van der Waals surface area contributed by atoms with Crippen molar-refractivity contribution in [2.45, 2.75) is 13.8 Å². The summed E-state index contributed by atoms with van der Waals surface area (Å²) in [4.78, 5) is 4.93. The Morgan fingerprint density at radius 2 is 0.906 bits per heavy atom. The van der Waals surface area contributed by atoms with Crippen LogP contribution in [0.4, 0.5) is 0 Å². The van der Waals surface area contributed by atoms with Crippen LogP contribution in [0, 0.1) is 13.8 Å². The molecular formula is C26H38N2O4. The van der Waals surface area contributed by atoms with Gasteiger partial charge in [0.1, 0.15) is 24.7 Å². The first-order chi connectivity index (χ1) is 15.7. The molecule has 6 nitrogen and oxygen atoms in total. The Labute approximate surface area is 193 Å². The van der Waals surface area contributed by atoms with Gasteiger partial charge in [-0.25, -0.2) is 0 Å². The summed E-state index contributed by atoms with van der Waals surface area (Å²) in [7, 11) is 0. The van der Waals surface area contributed by atoms with Gasteiger partial charge in [0.25, 0.3) is 0 Å². The van der Waals surface area contributed by atoms with Crippen molar-refractivity contribution in [1.82, 2.24) is 9.80 Å². The van der Waals surface area contributed by atoms with Crippen molar-refractivity contribution < 1.29 is 18.9 Å². The smallest absolute Gasteiger partial charge is 0.119 e. The van der Waals surface area contributed by atoms with Gasteiger partial charge in [-0.05, 0) is 38.1 Å². The van der Waals surface area contributed by atoms with E-state index in [4.69, 9.17) is 18.9 Å². The summed E-state index contributed by atoms with van der Waals surface area (Å²) in [5.41, 5.74) is 2.48. The van der Waals surface area contributed by atoms with Crippen LogP contribution in [0.5, 0.6) is 11.5 Å². The van der Waals surface area contributed by atoms with Crippen LogP contribution in [-0.4, -0.2) is 88.7 Å². The molecule has 3 rings (SSSR count). The van der Waals surface area contributed by atoms with E-state index in [2.05, 4.69) is 47.9 Å². The zero-order valence-electron chi connectivity index (χ0n) is 19.6. The summed E-state index contributed by atoms with van der Waals surface area (Å²) in [5, 5.41) is 0. The molecule has 32 heavy (non-hydrogen) atoms. The third-order valence-corrected chi connectivity index (χ3v) is 5.60. The third-order valence-electron chi connectivity index (χ3n) is 5.60. The number of hydrogen-bond donors (Lipinski definition) is 0. The molecule has 2 aromatic carbocycles. The molecule has 1 aliphatic rings. The largest absolute Gasteiger partial charge is 0.491 e. The molecular weight excluding hydrogens is 404 g/mol. The highest BCUT2D eigenvalue weighted by Crippen LogP contribution is 2.12. The number of ether oxygens (including phenoxy) is 4. The van der Waals surface area contributed by atoms with Crippen molar-refractivity contribution in [3.05, 3.63) is 59.7 Å². The zero-order valence-corrected chi connectivity index (χ0v) is 19.6. The Hall–Kier alpha value is -2.12. The van der Waals surface area contributed by atoms with Crippen LogP contribution >= 0.6 is 0 Å². The number of aryl methyl sites for hydroxylation is 2. The van der Waals surface area contributed by atoms with Crippen LogP contribution in [-0.2, 0) is 9.47 Å². The van der Waals surface area contributed by atoms with Crippen molar-refractivity contribution in [2.24, 2.45) is 0 Å². The Morgan fingerprint density at radius 3 is 1.28 bits per heavy atom. The van der Waals surface area contributed by atoms with Crippen LogP contribution in [0.15, 0.2) is 48.5 Å². The fourth-order valence-corrected chi connectivity index (χ4v) is 3.53. The number of rotatable bonds is 14. The maximum absolute atomic E-state index is 5.74. The van der Waals surface area contributed by atoms with Gasteiger partial charge < -0.3 is 18.9 Å². The molecule has 0 saturated carbocycles. The van der Waals surface area contributed by atoms with E-state index in [1.54, 1.807) is 0 Å². The van der Waals surface area contributed by atoms with Crippen molar-refractivity contribution >= 4 is 0 Å². The molecule has 0 radical (unpaired) electrons. The van der Waals surface area contributed by atoms with Crippen LogP contribution in [0.1, 0.15) is 11.1 Å². The van der Waals surface area contributed by atoms with E-state index in [0.717, 1.165) is 64.0 Å². The summed E-state index contributed by atoms with van der Waals surface area (Å²) < 4.78 is 22.9. The van der Waals surface area contributed by atoms with Crippen LogP contribution in [0.25, 0.3) is 0 Å². The molecule has 0 aromatic heterocycles. The molecule has 6 heteroatoms. The standard InChI is InChI=1S/C26H38N2O4/c1-23-3-7-25(8-4-23)31-21-19-29-17-15-27-11-13-28(14-12-27)16-18-30-20-22-32-26-9-5-24(2)6-10-26/h3-10H,11-22H2,1-2H3. The average Bonchev–Trinajstić information content (AvgIpc) is 2.81. The second-order valence-corrected chi connectivity index (χ2v) is 8.23. The van der Waals surface area contributed by atoms with Gasteiger partial charge in [0.15, 0.2) is 0 Å². The van der Waals surface area contributed by atoms with Gasteiger partial charge in [0.2, 0.25) is 0 Å². The molecule has 1 fully saturated rings. The number of nitrogens with zero attached hydrogens (tertiary/aromatic N) is 2. The molecule has 0 unspecified atom stereocenters. The summed E-state index contributed by atoms with van der Waals surface area (Å²) >= 11 is 0. The first-order valence-corrected chi connectivity index (χ1v) is 11.7. The molecule has 0 amide bonds. The van der Waals surface area contributed by atoms with Crippen molar-refractivity contribution in [1.29, 1.82) is 0 Å². The minimum atomic E-state index is 0.590. The molecule has 1 aliphatic heterocycles. The molecule has 0 bridgehead atoms. The Bertz CT molecular complexity index is 678. The van der Waals surface area contributed by atoms with E-state index in [0.29, 0.717) is 26.4 Å². The molecule has 0 atom stereocenters. The Kier molecular flexibility index (Phi) is 10.8. The highest BCUT2D eigenvalue weighted by Gasteiger charge is 2.16. The van der Waals surface area contributed by atoms with Gasteiger partial charge in [-0.3, -0.25) is 9.80 Å². The van der Waals surface area contributed by atoms with Crippen LogP contribution in [0.3, 0.4) is 0 Å². The monoisotopic (exact) mass is 442 g/mol. The SMILES string of the molecule is Cc1ccc(OCCOCCN2CCN(CCOCCOc3ccc(C)cc3)CC2)cc1. The number of piperazine rings is 1. The summed E-state index contributed by atoms with van der Waals surface area (Å²) in [5.74, 6) is 1.80. The Balaban J connectivity index is 1.12. The van der Waals surface area contributed by atoms with Crippen LogP contribution < -0.4 is 9.47 Å². The molecule has 2 aromatic rings. The molecule has 0 N–H and O–H groups in total. The van der Waals surface area contributed by atoms with Gasteiger partial charge in [0, 0.05) is 39.3 Å². The Morgan fingerprint density at radius 1 is 0.531 bits per heavy atom. The lowest BCUT2D eigenvalue weighted by Gasteiger charge is -2.34. The minimum Gasteiger partial charge on any atom is -0.491 e. The summed E-state index contributed by atoms with van der Waals surface area (Å²) in [6.07, 6.45) is 0. The van der Waals surface area contributed by atoms with E-state index in [9.17, 15) is 0 Å². The van der Waals surface area contributed by atoms with E-state index in [1.807, 2.05) is 24.3 Å². The topological polar surface area (TPSA) is 43.4 Å². The van der Waals surface area contributed by atoms with Crippen LogP contribution in [0.2, 0.25) is 0 Å². The molecule has 176 valence electrons. The van der Waals surface area contributed by atoms with Crippen molar-refractivity contribution in [3.63, 3.8) is 0 Å². The number of hydrogen-bond acceptors (Lipinski definition) is 6. The lowest BCUT2D eigenvalue weighted by molar-refractivity contribution is 0.0449. The highest BCUT2D eigenvalue weighted by atomic mass is 16.5. The fraction of sp³-hybridized carbons (Fsp3) is 0.538. The van der Waals surface area contributed by atoms with Gasteiger partial charge in [-0.1, -0.05) is 35.4 Å². The third kappa shape index (κ3) is 9.57. The average molecular weight is 443 g/mol. The predicted molar refractivity (Wildman–Crippen MR) is 128 cm³/mol. The van der Waals surface area contributed by atoms with Gasteiger partial charge in [-0.15, -0.1) is 0 Å². The lowest BCUT2D eigenvalue weighted by Crippen LogP contribution is -2.48. The lowest BCUT2D eigenvalue weighted by atomic mass is 10.2. The van der Waals surface area contributed by atoms with Crippen molar-refractivity contribution in [3.8, 4) is 11.5 Å². The predicted octanol–water partition coefficient (Wildman–Crippen LogP) is 3.41. The van der Waals surface area contributed by atoms with E-state index >= 15 is 0 Å². The highest BCUT2D eigenvalue weighted by molar-refractivity contribution is 5.26. The second-order valence-electron chi connectivity index (χ2n) is 8.23. The first-order valence-electron chi connectivity index (χ1n) is 11.7. The maximum Gasteiger partial charge on any atom is 0.119 e. The van der Waals surface area contributed by atoms with Gasteiger partial charge in [0.05, 0.1) is 26.4 Å². The first kappa shape index (κ1) is 24.5. The van der Waals surface area contributed by atoms with Gasteiger partial charge in [-0.2, -0.15) is 0 Å². The fourth-order valence-electron chi connectivity index (χ4n) is 3.53. The normalized spacial score (nSPS) is 15.1. The van der Waals surface area contributed by atoms with Crippen molar-refractivity contribution in [2.75, 3.05) is 78.9 Å². The molecule has 0 aliphatic carbocycles. The van der Waals surface area contributed by atoms with E-state index in [-0.39, 0.29) is 0 Å². The van der Waals surface area contributed by atoms with E-state index in [1.165, 1.54) is 11.1 Å². The quantitative estimate of drug-likeness (QED) is 0.418. The summed E-state index contributed by atoms with van der Waals surface area (Å²) in [6.45, 7) is 14.4. The maximum atomic E-state index is 5.74. The van der Waals surface area contributed by atoms with E-state index < -0.39 is 0 Å². The second kappa shape index (κ2) is 14.1. The molecule has 1 heterocycles. The summed E-state index contributed by atoms with van der Waals surface area (Å²) in [6, 6.07) is 16.2. The number of benzene rings is 2.